The van der Waals surface area contributed by atoms with Gasteiger partial charge in [-0.2, -0.15) is 0 Å². The van der Waals surface area contributed by atoms with Gasteiger partial charge in [0.2, 0.25) is 0 Å². The summed E-state index contributed by atoms with van der Waals surface area (Å²) in [6, 6.07) is 6.16. The Bertz CT molecular complexity index is 504. The van der Waals surface area contributed by atoms with Crippen molar-refractivity contribution in [3.8, 4) is 0 Å². The number of ether oxygens (including phenoxy) is 1. The Morgan fingerprint density at radius 2 is 2.29 bits per heavy atom. The molecule has 0 aromatic heterocycles. The summed E-state index contributed by atoms with van der Waals surface area (Å²) in [5.41, 5.74) is 3.71. The monoisotopic (exact) mass is 292 g/mol. The number of aliphatic hydroxyl groups excluding tert-OH is 1. The lowest BCUT2D eigenvalue weighted by Crippen LogP contribution is -2.43. The van der Waals surface area contributed by atoms with Crippen LogP contribution in [0.2, 0.25) is 0 Å². The molecule has 3 N–H and O–H groups in total. The molecule has 1 aliphatic carbocycles. The van der Waals surface area contributed by atoms with Gasteiger partial charge in [-0.15, -0.1) is 0 Å². The SMILES string of the molecule is COCC(O)CNC(=O)NC1c2cc(C)ccc2CC1C. The molecule has 0 saturated heterocycles. The van der Waals surface area contributed by atoms with Crippen molar-refractivity contribution in [2.75, 3.05) is 20.3 Å². The van der Waals surface area contributed by atoms with Gasteiger partial charge in [0.1, 0.15) is 0 Å². The Balaban J connectivity index is 1.94. The number of hydrogen-bond acceptors (Lipinski definition) is 3. The summed E-state index contributed by atoms with van der Waals surface area (Å²) in [6.07, 6.45) is 0.295. The third kappa shape index (κ3) is 3.95. The van der Waals surface area contributed by atoms with Crippen molar-refractivity contribution in [1.29, 1.82) is 0 Å². The molecule has 0 radical (unpaired) electrons. The summed E-state index contributed by atoms with van der Waals surface area (Å²) in [7, 11) is 1.52. The lowest BCUT2D eigenvalue weighted by Gasteiger charge is -2.20. The molecule has 3 unspecified atom stereocenters. The fraction of sp³-hybridized carbons (Fsp3) is 0.562. The van der Waals surface area contributed by atoms with Gasteiger partial charge >= 0.3 is 6.03 Å². The van der Waals surface area contributed by atoms with Crippen LogP contribution in [0.15, 0.2) is 18.2 Å². The van der Waals surface area contributed by atoms with Gasteiger partial charge in [-0.05, 0) is 30.4 Å². The molecule has 5 nitrogen and oxygen atoms in total. The molecule has 2 amide bonds. The smallest absolute Gasteiger partial charge is 0.315 e. The fourth-order valence-corrected chi connectivity index (χ4v) is 2.84. The predicted molar refractivity (Wildman–Crippen MR) is 81.2 cm³/mol. The number of nitrogens with one attached hydrogen (secondary N) is 2. The molecular weight excluding hydrogens is 268 g/mol. The first-order valence-corrected chi connectivity index (χ1v) is 7.32. The number of aryl methyl sites for hydroxylation is 1. The first-order chi connectivity index (χ1) is 10.0. The van der Waals surface area contributed by atoms with Gasteiger partial charge in [0.15, 0.2) is 0 Å². The number of fused-ring (bicyclic) bond motifs is 1. The highest BCUT2D eigenvalue weighted by molar-refractivity contribution is 5.74. The number of rotatable bonds is 5. The molecule has 0 spiro atoms. The Morgan fingerprint density at radius 1 is 1.52 bits per heavy atom. The van der Waals surface area contributed by atoms with Crippen molar-refractivity contribution in [1.82, 2.24) is 10.6 Å². The van der Waals surface area contributed by atoms with Crippen molar-refractivity contribution in [2.24, 2.45) is 5.92 Å². The molecule has 1 aliphatic rings. The molecule has 0 saturated carbocycles. The van der Waals surface area contributed by atoms with E-state index in [9.17, 15) is 9.90 Å². The number of benzene rings is 1. The second-order valence-electron chi connectivity index (χ2n) is 5.82. The summed E-state index contributed by atoms with van der Waals surface area (Å²) >= 11 is 0. The van der Waals surface area contributed by atoms with Crippen LogP contribution in [0.5, 0.6) is 0 Å². The van der Waals surface area contributed by atoms with Crippen LogP contribution in [0, 0.1) is 12.8 Å². The number of hydrogen-bond donors (Lipinski definition) is 3. The lowest BCUT2D eigenvalue weighted by atomic mass is 10.0. The van der Waals surface area contributed by atoms with Crippen LogP contribution < -0.4 is 10.6 Å². The third-order valence-electron chi connectivity index (χ3n) is 3.89. The van der Waals surface area contributed by atoms with E-state index in [2.05, 4.69) is 42.7 Å². The topological polar surface area (TPSA) is 70.6 Å². The molecule has 1 aromatic carbocycles. The van der Waals surface area contributed by atoms with E-state index in [1.165, 1.54) is 23.8 Å². The highest BCUT2D eigenvalue weighted by atomic mass is 16.5. The molecular formula is C16H24N2O3. The summed E-state index contributed by atoms with van der Waals surface area (Å²) < 4.78 is 4.82. The summed E-state index contributed by atoms with van der Waals surface area (Å²) in [5, 5.41) is 15.2. The number of amides is 2. The van der Waals surface area contributed by atoms with E-state index in [0.29, 0.717) is 5.92 Å². The highest BCUT2D eigenvalue weighted by Gasteiger charge is 2.30. The lowest BCUT2D eigenvalue weighted by molar-refractivity contribution is 0.0658. The van der Waals surface area contributed by atoms with Crippen molar-refractivity contribution >= 4 is 6.03 Å². The first-order valence-electron chi connectivity index (χ1n) is 7.32. The van der Waals surface area contributed by atoms with Crippen LogP contribution in [0.4, 0.5) is 4.79 Å². The Morgan fingerprint density at radius 3 is 3.00 bits per heavy atom. The van der Waals surface area contributed by atoms with Crippen molar-refractivity contribution < 1.29 is 14.6 Å². The zero-order valence-corrected chi connectivity index (χ0v) is 12.8. The number of methoxy groups -OCH3 is 1. The van der Waals surface area contributed by atoms with Crippen LogP contribution >= 0.6 is 0 Å². The van der Waals surface area contributed by atoms with Crippen LogP contribution in [0.1, 0.15) is 29.7 Å². The molecule has 5 heteroatoms. The van der Waals surface area contributed by atoms with Gasteiger partial charge in [-0.1, -0.05) is 30.7 Å². The minimum atomic E-state index is -0.684. The van der Waals surface area contributed by atoms with Crippen molar-refractivity contribution in [2.45, 2.75) is 32.4 Å². The molecule has 0 fully saturated rings. The number of urea groups is 1. The normalized spacial score (nSPS) is 21.7. The molecule has 21 heavy (non-hydrogen) atoms. The molecule has 1 aromatic rings. The quantitative estimate of drug-likeness (QED) is 0.771. The second-order valence-corrected chi connectivity index (χ2v) is 5.82. The van der Waals surface area contributed by atoms with Crippen LogP contribution in [-0.2, 0) is 11.2 Å². The molecule has 0 aliphatic heterocycles. The van der Waals surface area contributed by atoms with Crippen LogP contribution in [-0.4, -0.2) is 37.5 Å². The molecule has 3 atom stereocenters. The molecule has 116 valence electrons. The maximum atomic E-state index is 12.0. The fourth-order valence-electron chi connectivity index (χ4n) is 2.84. The van der Waals surface area contributed by atoms with E-state index in [4.69, 9.17) is 4.74 Å². The predicted octanol–water partition coefficient (Wildman–Crippen LogP) is 1.53. The van der Waals surface area contributed by atoms with E-state index in [0.717, 1.165) is 6.42 Å². The zero-order chi connectivity index (χ0) is 15.4. The second kappa shape index (κ2) is 6.91. The maximum absolute atomic E-state index is 12.0. The largest absolute Gasteiger partial charge is 0.389 e. The van der Waals surface area contributed by atoms with Gasteiger partial charge in [0.25, 0.3) is 0 Å². The van der Waals surface area contributed by atoms with Gasteiger partial charge in [-0.3, -0.25) is 0 Å². The Hall–Kier alpha value is -1.59. The van der Waals surface area contributed by atoms with Crippen molar-refractivity contribution in [3.63, 3.8) is 0 Å². The number of carbonyl (C=O) groups is 1. The Kier molecular flexibility index (Phi) is 5.20. The van der Waals surface area contributed by atoms with E-state index in [-0.39, 0.29) is 25.2 Å². The zero-order valence-electron chi connectivity index (χ0n) is 12.8. The molecule has 0 heterocycles. The minimum absolute atomic E-state index is 0.0273. The number of carbonyl (C=O) groups excluding carboxylic acids is 1. The summed E-state index contributed by atoms with van der Waals surface area (Å²) in [4.78, 5) is 12.0. The van der Waals surface area contributed by atoms with Crippen LogP contribution in [0.25, 0.3) is 0 Å². The van der Waals surface area contributed by atoms with E-state index >= 15 is 0 Å². The average molecular weight is 292 g/mol. The van der Waals surface area contributed by atoms with Gasteiger partial charge in [-0.25, -0.2) is 4.79 Å². The van der Waals surface area contributed by atoms with Gasteiger partial charge in [0, 0.05) is 13.7 Å². The summed E-state index contributed by atoms with van der Waals surface area (Å²) in [6.45, 7) is 4.59. The minimum Gasteiger partial charge on any atom is -0.389 e. The molecule has 2 rings (SSSR count). The molecule has 0 bridgehead atoms. The highest BCUT2D eigenvalue weighted by Crippen LogP contribution is 2.36. The van der Waals surface area contributed by atoms with E-state index in [1.54, 1.807) is 0 Å². The van der Waals surface area contributed by atoms with Crippen LogP contribution in [0.3, 0.4) is 0 Å². The van der Waals surface area contributed by atoms with Gasteiger partial charge < -0.3 is 20.5 Å². The standard InChI is InChI=1S/C16H24N2O3/c1-10-4-5-12-7-11(2)15(14(12)6-10)18-16(20)17-8-13(19)9-21-3/h4-6,11,13,15,19H,7-9H2,1-3H3,(H2,17,18,20). The van der Waals surface area contributed by atoms with E-state index < -0.39 is 6.10 Å². The maximum Gasteiger partial charge on any atom is 0.315 e. The van der Waals surface area contributed by atoms with Gasteiger partial charge in [0.05, 0.1) is 18.8 Å². The van der Waals surface area contributed by atoms with Crippen molar-refractivity contribution in [3.05, 3.63) is 34.9 Å². The van der Waals surface area contributed by atoms with E-state index in [1.807, 2.05) is 0 Å². The summed E-state index contributed by atoms with van der Waals surface area (Å²) in [5.74, 6) is 0.372. The Labute approximate surface area is 125 Å². The third-order valence-corrected chi connectivity index (χ3v) is 3.89. The average Bonchev–Trinajstić information content (AvgIpc) is 2.73. The number of aliphatic hydroxyl groups is 1. The first kappa shape index (κ1) is 15.8.